The standard InChI is InChI=1S/C24H27F3N2O/c1-4-6-19-8-5-7-17(2)13-14-29(15-19)16-22-18(3)28-23(30-22)20-9-11-21(12-10-20)24(25,26)27/h5,7,9-14,19H,2,4,6,8,15-16H2,1,3H3/b7-5-,14-13-. The lowest BCUT2D eigenvalue weighted by molar-refractivity contribution is -0.137. The molecule has 6 heteroatoms. The Kier molecular flexibility index (Phi) is 6.85. The van der Waals surface area contributed by atoms with Crippen LogP contribution < -0.4 is 0 Å². The molecule has 0 spiro atoms. The lowest BCUT2D eigenvalue weighted by atomic mass is 9.99. The molecule has 1 aliphatic rings. The highest BCUT2D eigenvalue weighted by molar-refractivity contribution is 5.54. The van der Waals surface area contributed by atoms with Crippen molar-refractivity contribution in [3.8, 4) is 11.5 Å². The first kappa shape index (κ1) is 21.9. The molecular formula is C24H27F3N2O. The Hall–Kier alpha value is -2.76. The second-order valence-corrected chi connectivity index (χ2v) is 7.72. The quantitative estimate of drug-likeness (QED) is 0.530. The number of hydrogen-bond acceptors (Lipinski definition) is 3. The van der Waals surface area contributed by atoms with Gasteiger partial charge in [0.25, 0.3) is 0 Å². The predicted molar refractivity (Wildman–Crippen MR) is 113 cm³/mol. The molecule has 30 heavy (non-hydrogen) atoms. The minimum Gasteiger partial charge on any atom is -0.439 e. The summed E-state index contributed by atoms with van der Waals surface area (Å²) in [6.45, 7) is 9.52. The van der Waals surface area contributed by atoms with Crippen LogP contribution in [0.4, 0.5) is 13.2 Å². The van der Waals surface area contributed by atoms with E-state index in [4.69, 9.17) is 4.42 Å². The fraction of sp³-hybridized carbons (Fsp3) is 0.375. The smallest absolute Gasteiger partial charge is 0.416 e. The summed E-state index contributed by atoms with van der Waals surface area (Å²) < 4.78 is 44.3. The Bertz CT molecular complexity index is 923. The second kappa shape index (κ2) is 9.37. The van der Waals surface area contributed by atoms with Crippen molar-refractivity contribution in [2.75, 3.05) is 6.54 Å². The molecule has 3 rings (SSSR count). The van der Waals surface area contributed by atoms with Crippen molar-refractivity contribution in [1.29, 1.82) is 0 Å². The first-order valence-electron chi connectivity index (χ1n) is 10.2. The topological polar surface area (TPSA) is 29.3 Å². The summed E-state index contributed by atoms with van der Waals surface area (Å²) in [5.74, 6) is 1.57. The zero-order valence-corrected chi connectivity index (χ0v) is 17.4. The van der Waals surface area contributed by atoms with Crippen molar-refractivity contribution in [1.82, 2.24) is 9.88 Å². The summed E-state index contributed by atoms with van der Waals surface area (Å²) in [6, 6.07) is 4.88. The largest absolute Gasteiger partial charge is 0.439 e. The average Bonchev–Trinajstić information content (AvgIpc) is 3.08. The van der Waals surface area contributed by atoms with Crippen molar-refractivity contribution in [3.05, 3.63) is 77.9 Å². The van der Waals surface area contributed by atoms with Crippen molar-refractivity contribution in [3.63, 3.8) is 0 Å². The number of allylic oxidation sites excluding steroid dienone is 4. The van der Waals surface area contributed by atoms with Crippen molar-refractivity contribution < 1.29 is 17.6 Å². The van der Waals surface area contributed by atoms with Gasteiger partial charge in [-0.2, -0.15) is 13.2 Å². The lowest BCUT2D eigenvalue weighted by Gasteiger charge is -2.24. The molecule has 0 N–H and O–H groups in total. The molecule has 0 saturated carbocycles. The monoisotopic (exact) mass is 416 g/mol. The molecule has 3 nitrogen and oxygen atoms in total. The van der Waals surface area contributed by atoms with Crippen LogP contribution in [0.3, 0.4) is 0 Å². The van der Waals surface area contributed by atoms with Crippen molar-refractivity contribution >= 4 is 0 Å². The first-order chi connectivity index (χ1) is 14.3. The van der Waals surface area contributed by atoms with Gasteiger partial charge in [-0.3, -0.25) is 0 Å². The van der Waals surface area contributed by atoms with Crippen molar-refractivity contribution in [2.24, 2.45) is 5.92 Å². The molecule has 1 atom stereocenters. The molecule has 0 bridgehead atoms. The fourth-order valence-electron chi connectivity index (χ4n) is 3.55. The van der Waals surface area contributed by atoms with Crippen LogP contribution in [-0.2, 0) is 12.7 Å². The Morgan fingerprint density at radius 2 is 1.93 bits per heavy atom. The van der Waals surface area contributed by atoms with E-state index >= 15 is 0 Å². The number of nitrogens with zero attached hydrogens (tertiary/aromatic N) is 2. The zero-order valence-electron chi connectivity index (χ0n) is 17.4. The van der Waals surface area contributed by atoms with E-state index in [1.807, 2.05) is 25.3 Å². The number of alkyl halides is 3. The third kappa shape index (κ3) is 5.65. The van der Waals surface area contributed by atoms with Crippen LogP contribution in [0.2, 0.25) is 0 Å². The normalized spacial score (nSPS) is 19.8. The summed E-state index contributed by atoms with van der Waals surface area (Å²) in [5.41, 5.74) is 1.52. The van der Waals surface area contributed by atoms with Crippen LogP contribution >= 0.6 is 0 Å². The molecule has 1 aromatic carbocycles. The maximum atomic E-state index is 12.8. The second-order valence-electron chi connectivity index (χ2n) is 7.72. The molecule has 1 unspecified atom stereocenters. The molecule has 0 radical (unpaired) electrons. The van der Waals surface area contributed by atoms with E-state index in [1.165, 1.54) is 12.1 Å². The number of aromatic nitrogens is 1. The summed E-state index contributed by atoms with van der Waals surface area (Å²) in [6.07, 6.45) is 7.12. The average molecular weight is 416 g/mol. The number of oxazole rings is 1. The summed E-state index contributed by atoms with van der Waals surface area (Å²) in [4.78, 5) is 6.64. The highest BCUT2D eigenvalue weighted by Gasteiger charge is 2.30. The van der Waals surface area contributed by atoms with Gasteiger partial charge in [-0.15, -0.1) is 0 Å². The highest BCUT2D eigenvalue weighted by atomic mass is 19.4. The van der Waals surface area contributed by atoms with Gasteiger partial charge in [0.05, 0.1) is 17.8 Å². The number of benzene rings is 1. The minimum atomic E-state index is -4.36. The Balaban J connectivity index is 1.79. The van der Waals surface area contributed by atoms with Gasteiger partial charge in [-0.25, -0.2) is 4.98 Å². The zero-order chi connectivity index (χ0) is 21.7. The van der Waals surface area contributed by atoms with Crippen LogP contribution in [0.1, 0.15) is 43.2 Å². The van der Waals surface area contributed by atoms with Gasteiger partial charge in [0.15, 0.2) is 0 Å². The first-order valence-corrected chi connectivity index (χ1v) is 10.2. The molecule has 0 saturated heterocycles. The molecular weight excluding hydrogens is 389 g/mol. The van der Waals surface area contributed by atoms with Crippen LogP contribution in [0, 0.1) is 12.8 Å². The van der Waals surface area contributed by atoms with E-state index in [9.17, 15) is 13.2 Å². The molecule has 0 amide bonds. The molecule has 160 valence electrons. The third-order valence-electron chi connectivity index (χ3n) is 5.19. The minimum absolute atomic E-state index is 0.334. The van der Waals surface area contributed by atoms with E-state index in [0.717, 1.165) is 49.2 Å². The van der Waals surface area contributed by atoms with E-state index in [1.54, 1.807) is 0 Å². The van der Waals surface area contributed by atoms with E-state index < -0.39 is 11.7 Å². The van der Waals surface area contributed by atoms with Gasteiger partial charge in [-0.05, 0) is 61.6 Å². The molecule has 2 aromatic rings. The van der Waals surface area contributed by atoms with Gasteiger partial charge < -0.3 is 9.32 Å². The van der Waals surface area contributed by atoms with E-state index in [0.29, 0.717) is 29.7 Å². The van der Waals surface area contributed by atoms with E-state index in [-0.39, 0.29) is 0 Å². The van der Waals surface area contributed by atoms with Crippen LogP contribution in [-0.4, -0.2) is 16.4 Å². The fourth-order valence-corrected chi connectivity index (χ4v) is 3.55. The maximum Gasteiger partial charge on any atom is 0.416 e. The third-order valence-corrected chi connectivity index (χ3v) is 5.19. The van der Waals surface area contributed by atoms with Gasteiger partial charge in [-0.1, -0.05) is 32.1 Å². The van der Waals surface area contributed by atoms with Gasteiger partial charge >= 0.3 is 6.18 Å². The highest BCUT2D eigenvalue weighted by Crippen LogP contribution is 2.31. The van der Waals surface area contributed by atoms with Gasteiger partial charge in [0.2, 0.25) is 5.89 Å². The lowest BCUT2D eigenvalue weighted by Crippen LogP contribution is -2.24. The number of hydrogen-bond donors (Lipinski definition) is 0. The Morgan fingerprint density at radius 3 is 2.60 bits per heavy atom. The van der Waals surface area contributed by atoms with Crippen LogP contribution in [0.25, 0.3) is 11.5 Å². The summed E-state index contributed by atoms with van der Waals surface area (Å²) in [7, 11) is 0. The number of aryl methyl sites for hydroxylation is 1. The van der Waals surface area contributed by atoms with Crippen LogP contribution in [0.15, 0.2) is 65.3 Å². The van der Waals surface area contributed by atoms with Gasteiger partial charge in [0.1, 0.15) is 5.76 Å². The SMILES string of the molecule is C=C1/C=C\CC(CCC)CN(Cc2oc(-c3ccc(C(F)(F)F)cc3)nc2C)/C=C\1. The summed E-state index contributed by atoms with van der Waals surface area (Å²) in [5, 5.41) is 0. The molecule has 0 fully saturated rings. The number of halogens is 3. The van der Waals surface area contributed by atoms with Crippen LogP contribution in [0.5, 0.6) is 0 Å². The number of rotatable bonds is 5. The molecule has 1 aliphatic heterocycles. The Morgan fingerprint density at radius 1 is 1.20 bits per heavy atom. The molecule has 0 aliphatic carbocycles. The predicted octanol–water partition coefficient (Wildman–Crippen LogP) is 6.92. The van der Waals surface area contributed by atoms with Crippen molar-refractivity contribution in [2.45, 2.75) is 45.8 Å². The van der Waals surface area contributed by atoms with E-state index in [2.05, 4.69) is 29.5 Å². The Labute approximate surface area is 175 Å². The molecule has 1 aromatic heterocycles. The van der Waals surface area contributed by atoms with Gasteiger partial charge in [0, 0.05) is 18.3 Å². The maximum absolute atomic E-state index is 12.8. The summed E-state index contributed by atoms with van der Waals surface area (Å²) >= 11 is 0. The molecule has 2 heterocycles.